The van der Waals surface area contributed by atoms with Gasteiger partial charge in [0.15, 0.2) is 15.6 Å². The van der Waals surface area contributed by atoms with Crippen molar-refractivity contribution in [2.75, 3.05) is 0 Å². The van der Waals surface area contributed by atoms with Gasteiger partial charge in [0.25, 0.3) is 0 Å². The lowest BCUT2D eigenvalue weighted by molar-refractivity contribution is -0.117. The Morgan fingerprint density at radius 3 is 2.00 bits per heavy atom. The van der Waals surface area contributed by atoms with Crippen LogP contribution in [-0.4, -0.2) is 19.5 Å². The van der Waals surface area contributed by atoms with Gasteiger partial charge in [0.05, 0.1) is 4.90 Å². The largest absolute Gasteiger partial charge is 0.298 e. The first-order chi connectivity index (χ1) is 9.96. The summed E-state index contributed by atoms with van der Waals surface area (Å²) < 4.78 is 26.5. The highest BCUT2D eigenvalue weighted by Gasteiger charge is 2.49. The lowest BCUT2D eigenvalue weighted by atomic mass is 9.79. The summed E-state index contributed by atoms with van der Waals surface area (Å²) in [5.41, 5.74) is 2.32. The van der Waals surface area contributed by atoms with Crippen LogP contribution in [0, 0.1) is 32.1 Å². The van der Waals surface area contributed by atoms with E-state index >= 15 is 0 Å². The van der Waals surface area contributed by atoms with Gasteiger partial charge in [-0.25, -0.2) is 8.42 Å². The molecular weight excluding hydrogens is 296 g/mol. The number of Topliss-reactive ketones (excluding diaryl/α,β-unsaturated/α-hetero) is 1. The molecule has 122 valence electrons. The van der Waals surface area contributed by atoms with Crippen molar-refractivity contribution in [3.63, 3.8) is 0 Å². The fourth-order valence-corrected chi connectivity index (χ4v) is 6.54. The third kappa shape index (κ3) is 2.85. The molecule has 0 bridgehead atoms. The van der Waals surface area contributed by atoms with Crippen molar-refractivity contribution in [3.8, 4) is 0 Å². The third-order valence-electron chi connectivity index (χ3n) is 4.72. The van der Waals surface area contributed by atoms with E-state index in [9.17, 15) is 13.2 Å². The summed E-state index contributed by atoms with van der Waals surface area (Å²) in [6.07, 6.45) is 1.03. The van der Waals surface area contributed by atoms with Crippen molar-refractivity contribution in [1.82, 2.24) is 0 Å². The minimum atomic E-state index is -3.65. The van der Waals surface area contributed by atoms with Crippen LogP contribution in [0.25, 0.3) is 0 Å². The molecule has 1 aliphatic rings. The van der Waals surface area contributed by atoms with E-state index in [1.54, 1.807) is 0 Å². The Balaban J connectivity index is 2.62. The minimum Gasteiger partial charge on any atom is -0.298 e. The van der Waals surface area contributed by atoms with Crippen LogP contribution in [0.5, 0.6) is 0 Å². The molecule has 0 spiro atoms. The Hall–Kier alpha value is -1.16. The predicted molar refractivity (Wildman–Crippen MR) is 88.8 cm³/mol. The fourth-order valence-electron chi connectivity index (χ4n) is 3.83. The van der Waals surface area contributed by atoms with Gasteiger partial charge < -0.3 is 0 Å². The van der Waals surface area contributed by atoms with Crippen molar-refractivity contribution < 1.29 is 13.2 Å². The van der Waals surface area contributed by atoms with Gasteiger partial charge >= 0.3 is 0 Å². The first-order valence-electron chi connectivity index (χ1n) is 7.80. The van der Waals surface area contributed by atoms with E-state index in [2.05, 4.69) is 0 Å². The normalized spacial score (nSPS) is 23.1. The van der Waals surface area contributed by atoms with Gasteiger partial charge in [0.2, 0.25) is 0 Å². The summed E-state index contributed by atoms with van der Waals surface area (Å²) in [5.74, 6) is -0.246. The Morgan fingerprint density at radius 1 is 1.05 bits per heavy atom. The molecule has 1 fully saturated rings. The maximum atomic E-state index is 13.2. The van der Waals surface area contributed by atoms with Crippen LogP contribution >= 0.6 is 0 Å². The average Bonchev–Trinajstić information content (AvgIpc) is 2.69. The average molecular weight is 322 g/mol. The van der Waals surface area contributed by atoms with Crippen LogP contribution in [-0.2, 0) is 14.6 Å². The lowest BCUT2D eigenvalue weighted by Crippen LogP contribution is -2.38. The van der Waals surface area contributed by atoms with Crippen molar-refractivity contribution >= 4 is 15.6 Å². The summed E-state index contributed by atoms with van der Waals surface area (Å²) in [5, 5.41) is -0.896. The van der Waals surface area contributed by atoms with Crippen molar-refractivity contribution in [3.05, 3.63) is 28.8 Å². The molecule has 0 heterocycles. The molecule has 0 aromatic heterocycles. The second kappa shape index (κ2) is 5.48. The first kappa shape index (κ1) is 17.2. The second-order valence-corrected chi connectivity index (χ2v) is 9.68. The summed E-state index contributed by atoms with van der Waals surface area (Å²) in [4.78, 5) is 12.7. The van der Waals surface area contributed by atoms with Crippen LogP contribution in [0.15, 0.2) is 17.0 Å². The van der Waals surface area contributed by atoms with E-state index in [1.165, 1.54) is 0 Å². The zero-order chi connectivity index (χ0) is 16.9. The molecule has 0 aliphatic heterocycles. The van der Waals surface area contributed by atoms with Crippen molar-refractivity contribution in [2.45, 2.75) is 64.5 Å². The summed E-state index contributed by atoms with van der Waals surface area (Å²) in [7, 11) is -3.65. The Bertz CT molecular complexity index is 685. The van der Waals surface area contributed by atoms with Crippen LogP contribution in [0.4, 0.5) is 0 Å². The molecule has 0 amide bonds. The van der Waals surface area contributed by atoms with E-state index < -0.39 is 15.1 Å². The molecule has 0 unspecified atom stereocenters. The monoisotopic (exact) mass is 322 g/mol. The smallest absolute Gasteiger partial charge is 0.189 e. The molecule has 3 nitrogen and oxygen atoms in total. The molecule has 0 radical (unpaired) electrons. The number of hydrogen-bond donors (Lipinski definition) is 0. The summed E-state index contributed by atoms with van der Waals surface area (Å²) >= 11 is 0. The second-order valence-electron chi connectivity index (χ2n) is 7.67. The Kier molecular flexibility index (Phi) is 4.29. The molecular formula is C18H26O3S. The standard InChI is InChI=1S/C18H26O3S/c1-11-9-12(2)16(13(3)10-11)22(20,21)17-14(18(4,5)6)7-8-15(17)19/h9-10,14,17H,7-8H2,1-6H3/t14-,17+/m0/s1. The molecule has 2 rings (SSSR count). The third-order valence-corrected chi connectivity index (χ3v) is 7.19. The molecule has 0 saturated heterocycles. The zero-order valence-electron chi connectivity index (χ0n) is 14.4. The van der Waals surface area contributed by atoms with Gasteiger partial charge in [-0.05, 0) is 49.7 Å². The molecule has 1 aliphatic carbocycles. The number of carbonyl (C=O) groups excluding carboxylic acids is 1. The number of hydrogen-bond acceptors (Lipinski definition) is 3. The SMILES string of the molecule is Cc1cc(C)c(S(=O)(=O)[C@H]2C(=O)CC[C@@H]2C(C)(C)C)c(C)c1. The number of benzene rings is 1. The van der Waals surface area contributed by atoms with E-state index in [0.29, 0.717) is 17.7 Å². The number of aryl methyl sites for hydroxylation is 3. The van der Waals surface area contributed by atoms with Gasteiger partial charge in [-0.1, -0.05) is 38.5 Å². The lowest BCUT2D eigenvalue weighted by Gasteiger charge is -2.31. The van der Waals surface area contributed by atoms with E-state index in [4.69, 9.17) is 0 Å². The highest BCUT2D eigenvalue weighted by atomic mass is 32.2. The zero-order valence-corrected chi connectivity index (χ0v) is 15.2. The van der Waals surface area contributed by atoms with Gasteiger partial charge in [-0.3, -0.25) is 4.79 Å². The predicted octanol–water partition coefficient (Wildman–Crippen LogP) is 3.78. The maximum absolute atomic E-state index is 13.2. The molecule has 1 saturated carbocycles. The van der Waals surface area contributed by atoms with E-state index in [0.717, 1.165) is 16.7 Å². The molecule has 0 N–H and O–H groups in total. The summed E-state index contributed by atoms with van der Waals surface area (Å²) in [6, 6.07) is 3.76. The summed E-state index contributed by atoms with van der Waals surface area (Å²) in [6.45, 7) is 11.7. The number of carbonyl (C=O) groups is 1. The van der Waals surface area contributed by atoms with Crippen LogP contribution in [0.2, 0.25) is 0 Å². The molecule has 1 aromatic carbocycles. The highest BCUT2D eigenvalue weighted by Crippen LogP contribution is 2.43. The Labute approximate surface area is 134 Å². The van der Waals surface area contributed by atoms with Gasteiger partial charge in [0, 0.05) is 6.42 Å². The van der Waals surface area contributed by atoms with Crippen LogP contribution in [0.1, 0.15) is 50.3 Å². The van der Waals surface area contributed by atoms with E-state index in [1.807, 2.05) is 53.7 Å². The number of ketones is 1. The van der Waals surface area contributed by atoms with E-state index in [-0.39, 0.29) is 17.1 Å². The highest BCUT2D eigenvalue weighted by molar-refractivity contribution is 7.93. The van der Waals surface area contributed by atoms with Gasteiger partial charge in [-0.2, -0.15) is 0 Å². The van der Waals surface area contributed by atoms with Crippen molar-refractivity contribution in [1.29, 1.82) is 0 Å². The molecule has 2 atom stereocenters. The minimum absolute atomic E-state index is 0.120. The van der Waals surface area contributed by atoms with Crippen molar-refractivity contribution in [2.24, 2.45) is 11.3 Å². The topological polar surface area (TPSA) is 51.2 Å². The Morgan fingerprint density at radius 2 is 1.55 bits per heavy atom. The molecule has 1 aromatic rings. The maximum Gasteiger partial charge on any atom is 0.189 e. The van der Waals surface area contributed by atoms with Gasteiger partial charge in [-0.15, -0.1) is 0 Å². The fraction of sp³-hybridized carbons (Fsp3) is 0.611. The first-order valence-corrected chi connectivity index (χ1v) is 9.35. The number of sulfone groups is 1. The van der Waals surface area contributed by atoms with Crippen LogP contribution in [0.3, 0.4) is 0 Å². The quantitative estimate of drug-likeness (QED) is 0.832. The van der Waals surface area contributed by atoms with Gasteiger partial charge in [0.1, 0.15) is 5.25 Å². The number of rotatable bonds is 2. The van der Waals surface area contributed by atoms with Crippen LogP contribution < -0.4 is 0 Å². The molecule has 22 heavy (non-hydrogen) atoms. The molecule has 4 heteroatoms.